The van der Waals surface area contributed by atoms with Gasteiger partial charge in [-0.05, 0) is 30.7 Å². The molecule has 6 nitrogen and oxygen atoms in total. The van der Waals surface area contributed by atoms with Gasteiger partial charge in [0.25, 0.3) is 0 Å². The molecule has 1 aromatic carbocycles. The first-order chi connectivity index (χ1) is 10.1. The molecule has 3 N–H and O–H groups in total. The van der Waals surface area contributed by atoms with Crippen LogP contribution in [0, 0.1) is 0 Å². The van der Waals surface area contributed by atoms with Crippen LogP contribution in [-0.2, 0) is 20.5 Å². The van der Waals surface area contributed by atoms with E-state index in [1.165, 1.54) is 0 Å². The molecule has 1 heterocycles. The van der Waals surface area contributed by atoms with Gasteiger partial charge < -0.3 is 10.5 Å². The van der Waals surface area contributed by atoms with Crippen molar-refractivity contribution in [3.8, 4) is 0 Å². The van der Waals surface area contributed by atoms with Crippen LogP contribution in [0.4, 0.5) is 5.69 Å². The largest absolute Gasteiger partial charge is 0.399 e. The maximum absolute atomic E-state index is 12.0. The number of ether oxygens (including phenoxy) is 1. The van der Waals surface area contributed by atoms with Crippen LogP contribution in [0.5, 0.6) is 0 Å². The number of nitrogens with zero attached hydrogens (tertiary/aromatic N) is 1. The highest BCUT2D eigenvalue weighted by molar-refractivity contribution is 7.88. The summed E-state index contributed by atoms with van der Waals surface area (Å²) in [7, 11) is -3.30. The molecular weight excluding hydrogens is 290 g/mol. The Balaban J connectivity index is 1.71. The topological polar surface area (TPSA) is 84.7 Å². The zero-order valence-electron chi connectivity index (χ0n) is 12.1. The molecule has 0 radical (unpaired) electrons. The molecule has 0 unspecified atom stereocenters. The second-order valence-corrected chi connectivity index (χ2v) is 7.01. The van der Waals surface area contributed by atoms with Gasteiger partial charge in [-0.15, -0.1) is 0 Å². The van der Waals surface area contributed by atoms with E-state index >= 15 is 0 Å². The van der Waals surface area contributed by atoms with Gasteiger partial charge in [0, 0.05) is 25.3 Å². The smallest absolute Gasteiger partial charge is 0.215 e. The van der Waals surface area contributed by atoms with Crippen LogP contribution >= 0.6 is 0 Å². The van der Waals surface area contributed by atoms with Gasteiger partial charge in [0.2, 0.25) is 10.0 Å². The summed E-state index contributed by atoms with van der Waals surface area (Å²) < 4.78 is 31.9. The van der Waals surface area contributed by atoms with Crippen LogP contribution in [0.3, 0.4) is 0 Å². The van der Waals surface area contributed by atoms with E-state index in [9.17, 15) is 8.42 Å². The normalized spacial score (nSPS) is 17.0. The second-order valence-electron chi connectivity index (χ2n) is 5.21. The molecule has 0 amide bonds. The summed E-state index contributed by atoms with van der Waals surface area (Å²) in [5.41, 5.74) is 6.93. The van der Waals surface area contributed by atoms with Crippen molar-refractivity contribution >= 4 is 15.7 Å². The predicted molar refractivity (Wildman–Crippen MR) is 83.4 cm³/mol. The van der Waals surface area contributed by atoms with E-state index in [4.69, 9.17) is 10.5 Å². The minimum atomic E-state index is -3.30. The number of benzene rings is 1. The Kier molecular flexibility index (Phi) is 5.98. The van der Waals surface area contributed by atoms with E-state index < -0.39 is 10.0 Å². The zero-order valence-corrected chi connectivity index (χ0v) is 12.9. The molecule has 7 heteroatoms. The molecule has 1 saturated heterocycles. The summed E-state index contributed by atoms with van der Waals surface area (Å²) in [5, 5.41) is 0. The highest BCUT2D eigenvalue weighted by Crippen LogP contribution is 2.09. The summed E-state index contributed by atoms with van der Waals surface area (Å²) in [6, 6.07) is 6.96. The number of nitrogen functional groups attached to an aromatic ring is 1. The summed E-state index contributed by atoms with van der Waals surface area (Å²) in [6.07, 6.45) is 0.802. The Morgan fingerprint density at radius 3 is 2.76 bits per heavy atom. The van der Waals surface area contributed by atoms with Gasteiger partial charge in [-0.1, -0.05) is 12.1 Å². The first-order valence-corrected chi connectivity index (χ1v) is 8.82. The molecule has 0 atom stereocenters. The molecule has 0 spiro atoms. The van der Waals surface area contributed by atoms with Gasteiger partial charge >= 0.3 is 0 Å². The molecule has 0 aliphatic carbocycles. The van der Waals surface area contributed by atoms with Crippen molar-refractivity contribution in [2.75, 3.05) is 45.1 Å². The van der Waals surface area contributed by atoms with Crippen molar-refractivity contribution in [3.63, 3.8) is 0 Å². The third-order valence-corrected chi connectivity index (χ3v) is 4.74. The van der Waals surface area contributed by atoms with Gasteiger partial charge in [0.15, 0.2) is 0 Å². The van der Waals surface area contributed by atoms with E-state index in [0.29, 0.717) is 17.8 Å². The number of nitrogens with two attached hydrogens (primary N) is 1. The summed E-state index contributed by atoms with van der Waals surface area (Å²) in [6.45, 7) is 4.74. The van der Waals surface area contributed by atoms with Crippen molar-refractivity contribution in [1.29, 1.82) is 0 Å². The number of hydrogen-bond acceptors (Lipinski definition) is 5. The molecule has 1 aromatic rings. The van der Waals surface area contributed by atoms with Crippen molar-refractivity contribution in [2.45, 2.75) is 12.2 Å². The lowest BCUT2D eigenvalue weighted by Gasteiger charge is -2.26. The highest BCUT2D eigenvalue weighted by Gasteiger charge is 2.13. The van der Waals surface area contributed by atoms with Gasteiger partial charge in [-0.3, -0.25) is 4.90 Å². The van der Waals surface area contributed by atoms with E-state index in [-0.39, 0.29) is 5.75 Å². The summed E-state index contributed by atoms with van der Waals surface area (Å²) in [4.78, 5) is 2.29. The molecule has 2 rings (SSSR count). The van der Waals surface area contributed by atoms with Gasteiger partial charge in [-0.2, -0.15) is 0 Å². The number of hydrogen-bond donors (Lipinski definition) is 2. The molecule has 0 saturated carbocycles. The van der Waals surface area contributed by atoms with Crippen LogP contribution in [0.1, 0.15) is 12.0 Å². The Morgan fingerprint density at radius 1 is 1.29 bits per heavy atom. The zero-order chi connectivity index (χ0) is 15.1. The fourth-order valence-electron chi connectivity index (χ4n) is 2.31. The highest BCUT2D eigenvalue weighted by atomic mass is 32.2. The minimum Gasteiger partial charge on any atom is -0.399 e. The van der Waals surface area contributed by atoms with Gasteiger partial charge in [-0.25, -0.2) is 13.1 Å². The number of rotatable bonds is 7. The van der Waals surface area contributed by atoms with Crippen LogP contribution in [0.2, 0.25) is 0 Å². The first kappa shape index (κ1) is 16.2. The summed E-state index contributed by atoms with van der Waals surface area (Å²) >= 11 is 0. The molecule has 0 bridgehead atoms. The van der Waals surface area contributed by atoms with Gasteiger partial charge in [0.05, 0.1) is 19.0 Å². The molecule has 118 valence electrons. The lowest BCUT2D eigenvalue weighted by atomic mass is 10.2. The van der Waals surface area contributed by atoms with Crippen LogP contribution < -0.4 is 10.5 Å². The fourth-order valence-corrected chi connectivity index (χ4v) is 3.48. The van der Waals surface area contributed by atoms with Gasteiger partial charge in [0.1, 0.15) is 0 Å². The molecule has 0 aromatic heterocycles. The Hall–Kier alpha value is -1.15. The lowest BCUT2D eigenvalue weighted by Crippen LogP contribution is -2.38. The van der Waals surface area contributed by atoms with E-state index in [0.717, 1.165) is 39.3 Å². The molecule has 1 aliphatic rings. The average Bonchev–Trinajstić information content (AvgIpc) is 2.44. The predicted octanol–water partition coefficient (Wildman–Crippen LogP) is 0.411. The number of anilines is 1. The number of nitrogens with one attached hydrogen (secondary N) is 1. The Morgan fingerprint density at radius 2 is 2.05 bits per heavy atom. The molecule has 21 heavy (non-hydrogen) atoms. The van der Waals surface area contributed by atoms with Crippen LogP contribution in [0.15, 0.2) is 24.3 Å². The lowest BCUT2D eigenvalue weighted by molar-refractivity contribution is 0.0376. The van der Waals surface area contributed by atoms with Crippen molar-refractivity contribution in [1.82, 2.24) is 9.62 Å². The van der Waals surface area contributed by atoms with Crippen LogP contribution in [0.25, 0.3) is 0 Å². The standard InChI is InChI=1S/C14H23N3O3S/c15-14-4-1-3-13(11-14)12-21(18,19)16-5-2-6-17-7-9-20-10-8-17/h1,3-4,11,16H,2,5-10,12,15H2. The van der Waals surface area contributed by atoms with E-state index in [1.807, 2.05) is 0 Å². The minimum absolute atomic E-state index is 0.0321. The van der Waals surface area contributed by atoms with E-state index in [1.54, 1.807) is 24.3 Å². The van der Waals surface area contributed by atoms with Crippen molar-refractivity contribution in [3.05, 3.63) is 29.8 Å². The Bertz CT molecular complexity index is 542. The maximum atomic E-state index is 12.0. The maximum Gasteiger partial charge on any atom is 0.215 e. The molecular formula is C14H23N3O3S. The van der Waals surface area contributed by atoms with E-state index in [2.05, 4.69) is 9.62 Å². The quantitative estimate of drug-likeness (QED) is 0.563. The fraction of sp³-hybridized carbons (Fsp3) is 0.571. The Labute approximate surface area is 126 Å². The monoisotopic (exact) mass is 313 g/mol. The SMILES string of the molecule is Nc1cccc(CS(=O)(=O)NCCCN2CCOCC2)c1. The summed E-state index contributed by atoms with van der Waals surface area (Å²) in [5.74, 6) is -0.0321. The average molecular weight is 313 g/mol. The van der Waals surface area contributed by atoms with Crippen molar-refractivity contribution < 1.29 is 13.2 Å². The number of morpholine rings is 1. The third kappa shape index (κ3) is 6.01. The number of sulfonamides is 1. The third-order valence-electron chi connectivity index (χ3n) is 3.38. The first-order valence-electron chi connectivity index (χ1n) is 7.17. The second kappa shape index (κ2) is 7.74. The molecule has 1 fully saturated rings. The van der Waals surface area contributed by atoms with Crippen molar-refractivity contribution in [2.24, 2.45) is 0 Å². The van der Waals surface area contributed by atoms with Crippen LogP contribution in [-0.4, -0.2) is 52.7 Å². The molecule has 1 aliphatic heterocycles.